The predicted octanol–water partition coefficient (Wildman–Crippen LogP) is 4.11. The molecule has 0 spiro atoms. The fraction of sp³-hybridized carbons (Fsp3) is 0.211. The number of alkyl halides is 3. The first-order chi connectivity index (χ1) is 13.2. The zero-order valence-electron chi connectivity index (χ0n) is 14.9. The van der Waals surface area contributed by atoms with Crippen molar-refractivity contribution in [3.63, 3.8) is 0 Å². The summed E-state index contributed by atoms with van der Waals surface area (Å²) in [6, 6.07) is 7.19. The highest BCUT2D eigenvalue weighted by molar-refractivity contribution is 5.87. The van der Waals surface area contributed by atoms with Crippen molar-refractivity contribution in [2.75, 3.05) is 7.11 Å². The molecule has 0 saturated heterocycles. The highest BCUT2D eigenvalue weighted by Gasteiger charge is 2.31. The van der Waals surface area contributed by atoms with Gasteiger partial charge in [0.1, 0.15) is 5.82 Å². The van der Waals surface area contributed by atoms with E-state index in [0.717, 1.165) is 12.1 Å². The Morgan fingerprint density at radius 3 is 2.57 bits per heavy atom. The molecule has 0 bridgehead atoms. The van der Waals surface area contributed by atoms with Crippen molar-refractivity contribution in [3.05, 3.63) is 76.5 Å². The lowest BCUT2D eigenvalue weighted by atomic mass is 10.0. The third-order valence-electron chi connectivity index (χ3n) is 4.00. The van der Waals surface area contributed by atoms with Crippen LogP contribution in [-0.4, -0.2) is 27.8 Å². The maximum Gasteiger partial charge on any atom is 0.416 e. The number of benzene rings is 1. The van der Waals surface area contributed by atoms with Gasteiger partial charge in [0.2, 0.25) is 0 Å². The maximum atomic E-state index is 13.6. The van der Waals surface area contributed by atoms with E-state index in [2.05, 4.69) is 14.8 Å². The average Bonchev–Trinajstić information content (AvgIpc) is 3.02. The number of ether oxygens (including phenoxy) is 1. The number of halogens is 4. The van der Waals surface area contributed by atoms with Crippen LogP contribution in [0.25, 0.3) is 5.82 Å². The Morgan fingerprint density at radius 1 is 1.14 bits per heavy atom. The largest absolute Gasteiger partial charge is 0.464 e. The third kappa shape index (κ3) is 4.19. The van der Waals surface area contributed by atoms with E-state index in [1.807, 2.05) is 0 Å². The normalized spacial score (nSPS) is 11.5. The molecule has 5 nitrogen and oxygen atoms in total. The number of esters is 1. The van der Waals surface area contributed by atoms with Gasteiger partial charge in [0, 0.05) is 11.9 Å². The zero-order valence-corrected chi connectivity index (χ0v) is 14.9. The Labute approximate surface area is 157 Å². The summed E-state index contributed by atoms with van der Waals surface area (Å²) in [5.74, 6) is -1.18. The van der Waals surface area contributed by atoms with E-state index >= 15 is 0 Å². The van der Waals surface area contributed by atoms with Crippen LogP contribution in [0.4, 0.5) is 17.6 Å². The second kappa shape index (κ2) is 7.41. The van der Waals surface area contributed by atoms with Gasteiger partial charge in [-0.15, -0.1) is 0 Å². The molecule has 3 aromatic rings. The van der Waals surface area contributed by atoms with Crippen LogP contribution in [0.15, 0.2) is 42.6 Å². The summed E-state index contributed by atoms with van der Waals surface area (Å²) < 4.78 is 58.3. The summed E-state index contributed by atoms with van der Waals surface area (Å²) in [7, 11) is 1.24. The number of carbonyl (C=O) groups excluding carboxylic acids is 1. The number of methoxy groups -OCH3 is 1. The van der Waals surface area contributed by atoms with Crippen LogP contribution >= 0.6 is 0 Å². The SMILES string of the molecule is COC(=O)c1cc(C)n(-c2cc(Cc3cc(F)cc(C(F)(F)F)c3)ccn2)n1. The molecule has 28 heavy (non-hydrogen) atoms. The van der Waals surface area contributed by atoms with Gasteiger partial charge in [0.15, 0.2) is 11.5 Å². The van der Waals surface area contributed by atoms with E-state index in [9.17, 15) is 22.4 Å². The number of rotatable bonds is 4. The zero-order chi connectivity index (χ0) is 20.5. The van der Waals surface area contributed by atoms with Gasteiger partial charge in [0.05, 0.1) is 12.7 Å². The second-order valence-electron chi connectivity index (χ2n) is 6.12. The smallest absolute Gasteiger partial charge is 0.416 e. The Bertz CT molecular complexity index is 1030. The molecule has 0 aliphatic rings. The van der Waals surface area contributed by atoms with Crippen molar-refractivity contribution >= 4 is 5.97 Å². The molecule has 0 radical (unpaired) electrons. The molecule has 0 fully saturated rings. The third-order valence-corrected chi connectivity index (χ3v) is 4.00. The lowest BCUT2D eigenvalue weighted by Gasteiger charge is -2.10. The maximum absolute atomic E-state index is 13.6. The van der Waals surface area contributed by atoms with E-state index in [1.165, 1.54) is 24.1 Å². The molecule has 0 N–H and O–H groups in total. The van der Waals surface area contributed by atoms with Gasteiger partial charge in [-0.05, 0) is 60.9 Å². The van der Waals surface area contributed by atoms with E-state index in [-0.39, 0.29) is 17.7 Å². The summed E-state index contributed by atoms with van der Waals surface area (Å²) in [5, 5.41) is 4.13. The summed E-state index contributed by atoms with van der Waals surface area (Å²) >= 11 is 0. The van der Waals surface area contributed by atoms with Crippen molar-refractivity contribution < 1.29 is 27.1 Å². The van der Waals surface area contributed by atoms with Gasteiger partial charge in [0.25, 0.3) is 0 Å². The van der Waals surface area contributed by atoms with Gasteiger partial charge in [-0.2, -0.15) is 18.3 Å². The number of aromatic nitrogens is 3. The number of hydrogen-bond acceptors (Lipinski definition) is 4. The molecule has 146 valence electrons. The minimum atomic E-state index is -4.63. The molecule has 0 atom stereocenters. The molecule has 0 aliphatic heterocycles. The van der Waals surface area contributed by atoms with E-state index < -0.39 is 23.5 Å². The second-order valence-corrected chi connectivity index (χ2v) is 6.12. The molecule has 0 aliphatic carbocycles. The molecule has 0 saturated carbocycles. The molecular weight excluding hydrogens is 378 g/mol. The Morgan fingerprint density at radius 2 is 1.89 bits per heavy atom. The van der Waals surface area contributed by atoms with Crippen molar-refractivity contribution in [3.8, 4) is 5.82 Å². The van der Waals surface area contributed by atoms with Gasteiger partial charge < -0.3 is 4.74 Å². The van der Waals surface area contributed by atoms with E-state index in [1.54, 1.807) is 19.1 Å². The molecule has 1 aromatic carbocycles. The lowest BCUT2D eigenvalue weighted by molar-refractivity contribution is -0.137. The van der Waals surface area contributed by atoms with Crippen LogP contribution in [0.1, 0.15) is 32.9 Å². The first-order valence-electron chi connectivity index (χ1n) is 8.14. The van der Waals surface area contributed by atoms with Crippen molar-refractivity contribution in [2.45, 2.75) is 19.5 Å². The Hall–Kier alpha value is -3.23. The van der Waals surface area contributed by atoms with E-state index in [0.29, 0.717) is 23.1 Å². The standard InChI is InChI=1S/C19H15F4N3O2/c1-11-5-16(18(27)28-2)25-26(11)17-9-12(3-4-24-17)6-13-7-14(19(21,22)23)10-15(20)8-13/h3-5,7-10H,6H2,1-2H3. The highest BCUT2D eigenvalue weighted by atomic mass is 19.4. The molecule has 9 heteroatoms. The Kier molecular flexibility index (Phi) is 5.17. The van der Waals surface area contributed by atoms with Crippen LogP contribution in [0.3, 0.4) is 0 Å². The lowest BCUT2D eigenvalue weighted by Crippen LogP contribution is -2.07. The van der Waals surface area contributed by atoms with Crippen LogP contribution in [0.2, 0.25) is 0 Å². The molecular formula is C19H15F4N3O2. The van der Waals surface area contributed by atoms with Crippen LogP contribution < -0.4 is 0 Å². The van der Waals surface area contributed by atoms with Crippen molar-refractivity contribution in [2.24, 2.45) is 0 Å². The highest BCUT2D eigenvalue weighted by Crippen LogP contribution is 2.31. The number of hydrogen-bond donors (Lipinski definition) is 0. The predicted molar refractivity (Wildman–Crippen MR) is 91.6 cm³/mol. The number of carbonyl (C=O) groups is 1. The first-order valence-corrected chi connectivity index (χ1v) is 8.14. The molecule has 3 rings (SSSR count). The number of pyridine rings is 1. The van der Waals surface area contributed by atoms with Gasteiger partial charge >= 0.3 is 12.1 Å². The first kappa shape index (κ1) is 19.5. The minimum Gasteiger partial charge on any atom is -0.464 e. The quantitative estimate of drug-likeness (QED) is 0.495. The van der Waals surface area contributed by atoms with E-state index in [4.69, 9.17) is 0 Å². The van der Waals surface area contributed by atoms with Gasteiger partial charge in [-0.25, -0.2) is 18.9 Å². The fourth-order valence-corrected chi connectivity index (χ4v) is 2.75. The minimum absolute atomic E-state index is 0.0700. The summed E-state index contributed by atoms with van der Waals surface area (Å²) in [6.07, 6.45) is -3.09. The van der Waals surface area contributed by atoms with Gasteiger partial charge in [-0.1, -0.05) is 0 Å². The van der Waals surface area contributed by atoms with Crippen LogP contribution in [-0.2, 0) is 17.3 Å². The summed E-state index contributed by atoms with van der Waals surface area (Å²) in [5.41, 5.74) is 0.472. The molecule has 2 heterocycles. The van der Waals surface area contributed by atoms with Crippen molar-refractivity contribution in [1.29, 1.82) is 0 Å². The molecule has 0 amide bonds. The topological polar surface area (TPSA) is 57.0 Å². The Balaban J connectivity index is 1.92. The number of nitrogens with zero attached hydrogens (tertiary/aromatic N) is 3. The summed E-state index contributed by atoms with van der Waals surface area (Å²) in [6.45, 7) is 1.72. The van der Waals surface area contributed by atoms with Crippen molar-refractivity contribution in [1.82, 2.24) is 14.8 Å². The fourth-order valence-electron chi connectivity index (χ4n) is 2.75. The van der Waals surface area contributed by atoms with Crippen LogP contribution in [0, 0.1) is 12.7 Å². The number of aryl methyl sites for hydroxylation is 1. The van der Waals surface area contributed by atoms with Crippen LogP contribution in [0.5, 0.6) is 0 Å². The molecule has 2 aromatic heterocycles. The average molecular weight is 393 g/mol. The summed E-state index contributed by atoms with van der Waals surface area (Å²) in [4.78, 5) is 15.8. The molecule has 0 unspecified atom stereocenters. The monoisotopic (exact) mass is 393 g/mol. The van der Waals surface area contributed by atoms with Gasteiger partial charge in [-0.3, -0.25) is 0 Å².